The molecule has 1 atom stereocenters. The van der Waals surface area contributed by atoms with Crippen LogP contribution in [0.4, 0.5) is 0 Å². The minimum atomic E-state index is -0.758. The second-order valence-electron chi connectivity index (χ2n) is 3.35. The van der Waals surface area contributed by atoms with Crippen LogP contribution in [0.5, 0.6) is 0 Å². The first-order chi connectivity index (χ1) is 8.16. The van der Waals surface area contributed by atoms with Crippen molar-refractivity contribution < 1.29 is 14.3 Å². The smallest absolute Gasteiger partial charge is 0.287 e. The molecule has 0 aromatic carbocycles. The van der Waals surface area contributed by atoms with Crippen LogP contribution in [0.15, 0.2) is 34.9 Å². The molecule has 6 heteroatoms. The average molecular weight is 272 g/mol. The third-order valence-corrected chi connectivity index (χ3v) is 3.46. The molecule has 4 nitrogen and oxygen atoms in total. The van der Waals surface area contributed by atoms with Gasteiger partial charge in [-0.25, -0.2) is 0 Å². The van der Waals surface area contributed by atoms with E-state index in [1.807, 2.05) is 0 Å². The van der Waals surface area contributed by atoms with Gasteiger partial charge in [0, 0.05) is 11.4 Å². The highest BCUT2D eigenvalue weighted by atomic mass is 35.5. The normalized spacial score (nSPS) is 12.4. The number of carbonyl (C=O) groups is 1. The van der Waals surface area contributed by atoms with Gasteiger partial charge < -0.3 is 14.8 Å². The number of amides is 1. The van der Waals surface area contributed by atoms with E-state index >= 15 is 0 Å². The van der Waals surface area contributed by atoms with Gasteiger partial charge in [-0.2, -0.15) is 0 Å². The highest BCUT2D eigenvalue weighted by Crippen LogP contribution is 2.26. The quantitative estimate of drug-likeness (QED) is 0.898. The molecular formula is C11H10ClNO3S. The molecule has 90 valence electrons. The lowest BCUT2D eigenvalue weighted by Gasteiger charge is -2.08. The molecule has 0 saturated carbocycles. The summed E-state index contributed by atoms with van der Waals surface area (Å²) in [6.07, 6.45) is 0.663. The Hall–Kier alpha value is -1.30. The maximum absolute atomic E-state index is 11.5. The van der Waals surface area contributed by atoms with Crippen molar-refractivity contribution in [1.82, 2.24) is 5.32 Å². The van der Waals surface area contributed by atoms with E-state index in [4.69, 9.17) is 16.0 Å². The van der Waals surface area contributed by atoms with E-state index in [1.54, 1.807) is 24.3 Å². The zero-order valence-corrected chi connectivity index (χ0v) is 10.3. The lowest BCUT2D eigenvalue weighted by atomic mass is 10.3. The van der Waals surface area contributed by atoms with Gasteiger partial charge in [0.15, 0.2) is 5.76 Å². The van der Waals surface area contributed by atoms with Gasteiger partial charge in [0.2, 0.25) is 0 Å². The first kappa shape index (κ1) is 12.2. The molecule has 2 heterocycles. The molecule has 2 N–H and O–H groups in total. The molecule has 0 bridgehead atoms. The number of furan rings is 1. The molecule has 0 aliphatic rings. The predicted molar refractivity (Wildman–Crippen MR) is 65.3 cm³/mol. The van der Waals surface area contributed by atoms with Gasteiger partial charge in [0.25, 0.3) is 5.91 Å². The molecule has 1 amide bonds. The average Bonchev–Trinajstić information content (AvgIpc) is 2.95. The first-order valence-electron chi connectivity index (χ1n) is 4.92. The number of aliphatic hydroxyl groups excluding tert-OH is 1. The van der Waals surface area contributed by atoms with Crippen molar-refractivity contribution in [2.24, 2.45) is 0 Å². The molecular weight excluding hydrogens is 262 g/mol. The summed E-state index contributed by atoms with van der Waals surface area (Å²) in [6.45, 7) is 0.121. The molecule has 2 aromatic heterocycles. The number of rotatable bonds is 4. The lowest BCUT2D eigenvalue weighted by Crippen LogP contribution is -2.27. The van der Waals surface area contributed by atoms with Crippen molar-refractivity contribution in [2.75, 3.05) is 6.54 Å². The topological polar surface area (TPSA) is 62.5 Å². The van der Waals surface area contributed by atoms with Gasteiger partial charge in [0.05, 0.1) is 10.6 Å². The number of nitrogens with one attached hydrogen (secondary N) is 1. The number of carbonyl (C=O) groups excluding carboxylic acids is 1. The Bertz CT molecular complexity index is 495. The van der Waals surface area contributed by atoms with Crippen LogP contribution in [-0.2, 0) is 0 Å². The number of hydrogen-bond acceptors (Lipinski definition) is 4. The van der Waals surface area contributed by atoms with E-state index in [1.165, 1.54) is 17.6 Å². The molecule has 0 saturated heterocycles. The van der Waals surface area contributed by atoms with Crippen molar-refractivity contribution in [3.8, 4) is 0 Å². The molecule has 0 fully saturated rings. The fraction of sp³-hybridized carbons (Fsp3) is 0.182. The maximum Gasteiger partial charge on any atom is 0.287 e. The predicted octanol–water partition coefficient (Wildman–Crippen LogP) is 2.46. The fourth-order valence-electron chi connectivity index (χ4n) is 1.29. The molecule has 17 heavy (non-hydrogen) atoms. The SMILES string of the molecule is O=C(NCC(O)c1ccc(Cl)s1)c1ccco1. The zero-order valence-electron chi connectivity index (χ0n) is 8.72. The molecule has 0 aliphatic carbocycles. The number of hydrogen-bond donors (Lipinski definition) is 2. The third kappa shape index (κ3) is 3.09. The minimum Gasteiger partial charge on any atom is -0.459 e. The molecule has 0 aliphatic heterocycles. The summed E-state index contributed by atoms with van der Waals surface area (Å²) < 4.78 is 5.53. The fourth-order valence-corrected chi connectivity index (χ4v) is 2.34. The molecule has 2 rings (SSSR count). The van der Waals surface area contributed by atoms with Crippen LogP contribution >= 0.6 is 22.9 Å². The van der Waals surface area contributed by atoms with E-state index in [-0.39, 0.29) is 18.2 Å². The highest BCUT2D eigenvalue weighted by molar-refractivity contribution is 7.16. The first-order valence-corrected chi connectivity index (χ1v) is 6.11. The third-order valence-electron chi connectivity index (χ3n) is 2.12. The number of aliphatic hydroxyl groups is 1. The Labute approximate surface area is 107 Å². The van der Waals surface area contributed by atoms with Crippen molar-refractivity contribution in [3.05, 3.63) is 45.5 Å². The van der Waals surface area contributed by atoms with Crippen LogP contribution < -0.4 is 5.32 Å². The monoisotopic (exact) mass is 271 g/mol. The zero-order chi connectivity index (χ0) is 12.3. The van der Waals surface area contributed by atoms with Crippen molar-refractivity contribution >= 4 is 28.8 Å². The molecule has 0 radical (unpaired) electrons. The summed E-state index contributed by atoms with van der Waals surface area (Å²) in [4.78, 5) is 12.2. The van der Waals surface area contributed by atoms with Gasteiger partial charge >= 0.3 is 0 Å². The van der Waals surface area contributed by atoms with Crippen molar-refractivity contribution in [2.45, 2.75) is 6.10 Å². The second-order valence-corrected chi connectivity index (χ2v) is 5.09. The Balaban J connectivity index is 1.88. The van der Waals surface area contributed by atoms with E-state index in [9.17, 15) is 9.90 Å². The van der Waals surface area contributed by atoms with Gasteiger partial charge in [0.1, 0.15) is 6.10 Å². The Kier molecular flexibility index (Phi) is 3.83. The van der Waals surface area contributed by atoms with Gasteiger partial charge in [-0.3, -0.25) is 4.79 Å². The Morgan fingerprint density at radius 1 is 1.53 bits per heavy atom. The summed E-state index contributed by atoms with van der Waals surface area (Å²) in [5.41, 5.74) is 0. The van der Waals surface area contributed by atoms with E-state index < -0.39 is 6.10 Å². The second kappa shape index (κ2) is 5.35. The number of thiophene rings is 1. The van der Waals surface area contributed by atoms with Crippen LogP contribution in [0.25, 0.3) is 0 Å². The summed E-state index contributed by atoms with van der Waals surface area (Å²) in [5, 5.41) is 12.4. The van der Waals surface area contributed by atoms with Crippen molar-refractivity contribution in [1.29, 1.82) is 0 Å². The molecule has 2 aromatic rings. The number of halogens is 1. The standard InChI is InChI=1S/C11H10ClNO3S/c12-10-4-3-9(17-10)7(14)6-13-11(15)8-2-1-5-16-8/h1-5,7,14H,6H2,(H,13,15). The lowest BCUT2D eigenvalue weighted by molar-refractivity contribution is 0.0890. The highest BCUT2D eigenvalue weighted by Gasteiger charge is 2.13. The van der Waals surface area contributed by atoms with Crippen LogP contribution in [0, 0.1) is 0 Å². The van der Waals surface area contributed by atoms with Gasteiger partial charge in [-0.1, -0.05) is 11.6 Å². The van der Waals surface area contributed by atoms with Crippen LogP contribution in [0.1, 0.15) is 21.5 Å². The van der Waals surface area contributed by atoms with E-state index in [0.717, 1.165) is 4.88 Å². The summed E-state index contributed by atoms with van der Waals surface area (Å²) in [5.74, 6) is -0.127. The van der Waals surface area contributed by atoms with Crippen LogP contribution in [0.2, 0.25) is 4.34 Å². The van der Waals surface area contributed by atoms with Crippen LogP contribution in [0.3, 0.4) is 0 Å². The van der Waals surface area contributed by atoms with E-state index in [2.05, 4.69) is 5.32 Å². The summed E-state index contributed by atoms with van der Waals surface area (Å²) in [7, 11) is 0. The van der Waals surface area contributed by atoms with Crippen molar-refractivity contribution in [3.63, 3.8) is 0 Å². The Morgan fingerprint density at radius 2 is 2.35 bits per heavy atom. The largest absolute Gasteiger partial charge is 0.459 e. The summed E-state index contributed by atoms with van der Waals surface area (Å²) in [6, 6.07) is 6.63. The Morgan fingerprint density at radius 3 is 2.94 bits per heavy atom. The molecule has 1 unspecified atom stereocenters. The maximum atomic E-state index is 11.5. The van der Waals surface area contributed by atoms with Crippen LogP contribution in [-0.4, -0.2) is 17.6 Å². The molecule has 0 spiro atoms. The van der Waals surface area contributed by atoms with E-state index in [0.29, 0.717) is 4.34 Å². The summed E-state index contributed by atoms with van der Waals surface area (Å²) >= 11 is 7.04. The van der Waals surface area contributed by atoms with Gasteiger partial charge in [-0.15, -0.1) is 11.3 Å². The minimum absolute atomic E-state index is 0.121. The van der Waals surface area contributed by atoms with Gasteiger partial charge in [-0.05, 0) is 24.3 Å².